The summed E-state index contributed by atoms with van der Waals surface area (Å²) in [6.45, 7) is 7.41. The summed E-state index contributed by atoms with van der Waals surface area (Å²) < 4.78 is 0. The van der Waals surface area contributed by atoms with Gasteiger partial charge < -0.3 is 0 Å². The Balaban J connectivity index is 4.01. The number of rotatable bonds is 5. The lowest BCUT2D eigenvalue weighted by atomic mass is 10.3. The van der Waals surface area contributed by atoms with Gasteiger partial charge in [0, 0.05) is 6.42 Å². The first-order valence-electron chi connectivity index (χ1n) is 4.10. The Morgan fingerprint density at radius 2 is 2.00 bits per heavy atom. The lowest BCUT2D eigenvalue weighted by Gasteiger charge is -2.03. The molecule has 1 nitrogen and oxygen atoms in total. The molecule has 0 aliphatic heterocycles. The predicted molar refractivity (Wildman–Crippen MR) is 60.6 cm³/mol. The van der Waals surface area contributed by atoms with Gasteiger partial charge in [0.15, 0.2) is 17.1 Å². The Hall–Kier alpha value is -0.470. The van der Waals surface area contributed by atoms with Crippen LogP contribution in [0.25, 0.3) is 0 Å². The van der Waals surface area contributed by atoms with E-state index in [2.05, 4.69) is 32.2 Å². The lowest BCUT2D eigenvalue weighted by molar-refractivity contribution is 0.617. The van der Waals surface area contributed by atoms with Crippen LogP contribution in [-0.4, -0.2) is 29.7 Å². The molecule has 0 heterocycles. The molecule has 0 aliphatic rings. The van der Waals surface area contributed by atoms with Gasteiger partial charge in [-0.15, -0.1) is 6.58 Å². The summed E-state index contributed by atoms with van der Waals surface area (Å²) in [4.78, 5) is 3.56. The third kappa shape index (κ3) is 5.22. The quantitative estimate of drug-likeness (QED) is 0.358. The van der Waals surface area contributed by atoms with Crippen LogP contribution in [0.1, 0.15) is 12.8 Å². The Morgan fingerprint density at radius 1 is 1.33 bits per heavy atom. The standard InChI is InChI=1S/C10H18NS/c1-5-7-8-10(11(3)4)12-9-6-2/h5-6H,1-2,7-9H2,3-4H3/q+1. The van der Waals surface area contributed by atoms with Gasteiger partial charge in [-0.05, 0) is 26.6 Å². The zero-order valence-electron chi connectivity index (χ0n) is 8.05. The van der Waals surface area contributed by atoms with Crippen molar-refractivity contribution in [2.75, 3.05) is 19.8 Å². The zero-order chi connectivity index (χ0) is 9.40. The van der Waals surface area contributed by atoms with Crippen LogP contribution in [0, 0.1) is 0 Å². The van der Waals surface area contributed by atoms with E-state index in [1.54, 1.807) is 0 Å². The highest BCUT2D eigenvalue weighted by Crippen LogP contribution is 1.95. The molecule has 0 rings (SSSR count). The normalized spacial score (nSPS) is 11.8. The molecule has 0 spiro atoms. The van der Waals surface area contributed by atoms with E-state index < -0.39 is 0 Å². The second-order valence-electron chi connectivity index (χ2n) is 2.72. The van der Waals surface area contributed by atoms with Crippen LogP contribution in [0.15, 0.2) is 25.3 Å². The van der Waals surface area contributed by atoms with Crippen molar-refractivity contribution in [3.05, 3.63) is 25.3 Å². The van der Waals surface area contributed by atoms with Gasteiger partial charge in [-0.1, -0.05) is 12.7 Å². The molecule has 0 atom stereocenters. The van der Waals surface area contributed by atoms with Crippen LogP contribution in [0.5, 0.6) is 0 Å². The maximum absolute atomic E-state index is 3.71. The number of nitrogens with zero attached hydrogens (tertiary/aromatic N) is 1. The van der Waals surface area contributed by atoms with Gasteiger partial charge in [-0.25, -0.2) is 4.90 Å². The van der Waals surface area contributed by atoms with Crippen molar-refractivity contribution in [1.29, 1.82) is 0 Å². The third-order valence-corrected chi connectivity index (χ3v) is 2.73. The van der Waals surface area contributed by atoms with Crippen LogP contribution >= 0.6 is 0 Å². The Bertz CT molecular complexity index is 171. The topological polar surface area (TPSA) is 3.24 Å². The summed E-state index contributed by atoms with van der Waals surface area (Å²) in [5.74, 6) is 0.991. The van der Waals surface area contributed by atoms with E-state index in [1.807, 2.05) is 23.5 Å². The van der Waals surface area contributed by atoms with Crippen molar-refractivity contribution < 1.29 is 0 Å². The molecule has 0 aromatic carbocycles. The molecule has 0 unspecified atom stereocenters. The molecule has 0 aliphatic carbocycles. The van der Waals surface area contributed by atoms with Gasteiger partial charge in [-0.3, -0.25) is 0 Å². The molecule has 0 radical (unpaired) electrons. The highest BCUT2D eigenvalue weighted by molar-refractivity contribution is 7.78. The average molecular weight is 184 g/mol. The molecule has 0 amide bonds. The highest BCUT2D eigenvalue weighted by Gasteiger charge is 2.10. The van der Waals surface area contributed by atoms with Crippen molar-refractivity contribution in [2.45, 2.75) is 12.8 Å². The number of hydrogen-bond acceptors (Lipinski definition) is 0. The van der Waals surface area contributed by atoms with Crippen molar-refractivity contribution in [1.82, 2.24) is 4.90 Å². The molecule has 2 heteroatoms. The smallest absolute Gasteiger partial charge is 0.236 e. The maximum atomic E-state index is 3.71. The van der Waals surface area contributed by atoms with E-state index in [1.165, 1.54) is 4.99 Å². The molecule has 0 aromatic rings. The second kappa shape index (κ2) is 7.19. The van der Waals surface area contributed by atoms with Crippen molar-refractivity contribution in [3.8, 4) is 0 Å². The number of hydrogen-bond donors (Lipinski definition) is 0. The predicted octanol–water partition coefficient (Wildman–Crippen LogP) is 1.91. The first-order chi connectivity index (χ1) is 5.72. The lowest BCUT2D eigenvalue weighted by Crippen LogP contribution is -2.22. The summed E-state index contributed by atoms with van der Waals surface area (Å²) in [6.07, 6.45) is 6.03. The van der Waals surface area contributed by atoms with Gasteiger partial charge in [0.2, 0.25) is 4.99 Å². The maximum Gasteiger partial charge on any atom is 0.249 e. The van der Waals surface area contributed by atoms with E-state index >= 15 is 0 Å². The minimum Gasteiger partial charge on any atom is -0.236 e. The van der Waals surface area contributed by atoms with Crippen LogP contribution in [0.4, 0.5) is 0 Å². The summed E-state index contributed by atoms with van der Waals surface area (Å²) in [5, 5.41) is 0. The molecule has 0 saturated carbocycles. The Morgan fingerprint density at radius 3 is 2.42 bits per heavy atom. The SMILES string of the molecule is C=CCCC(=[S+]CC=C)N(C)C. The largest absolute Gasteiger partial charge is 0.249 e. The minimum atomic E-state index is 0.991. The highest BCUT2D eigenvalue weighted by atomic mass is 32.1. The third-order valence-electron chi connectivity index (χ3n) is 1.43. The Kier molecular flexibility index (Phi) is 6.91. The second-order valence-corrected chi connectivity index (χ2v) is 3.81. The summed E-state index contributed by atoms with van der Waals surface area (Å²) >= 11 is 1.85. The summed E-state index contributed by atoms with van der Waals surface area (Å²) in [6, 6.07) is 0. The van der Waals surface area contributed by atoms with E-state index in [0.29, 0.717) is 0 Å². The molecular formula is C10H18NS+. The molecule has 68 valence electrons. The van der Waals surface area contributed by atoms with Gasteiger partial charge in [0.25, 0.3) is 0 Å². The van der Waals surface area contributed by atoms with E-state index in [-0.39, 0.29) is 0 Å². The van der Waals surface area contributed by atoms with Gasteiger partial charge in [0.05, 0.1) is 0 Å². The van der Waals surface area contributed by atoms with E-state index in [4.69, 9.17) is 0 Å². The van der Waals surface area contributed by atoms with Gasteiger partial charge >= 0.3 is 0 Å². The van der Waals surface area contributed by atoms with Crippen molar-refractivity contribution in [2.24, 2.45) is 0 Å². The fraction of sp³-hybridized carbons (Fsp3) is 0.500. The molecule has 12 heavy (non-hydrogen) atoms. The number of allylic oxidation sites excluding steroid dienone is 1. The van der Waals surface area contributed by atoms with E-state index in [0.717, 1.165) is 18.6 Å². The van der Waals surface area contributed by atoms with Crippen LogP contribution in [0.2, 0.25) is 0 Å². The molecule has 0 saturated heterocycles. The van der Waals surface area contributed by atoms with Gasteiger partial charge in [0.1, 0.15) is 0 Å². The molecule has 0 N–H and O–H groups in total. The zero-order valence-corrected chi connectivity index (χ0v) is 8.86. The van der Waals surface area contributed by atoms with Crippen molar-refractivity contribution in [3.63, 3.8) is 0 Å². The van der Waals surface area contributed by atoms with Crippen LogP contribution in [0.3, 0.4) is 0 Å². The molecule has 0 aromatic heterocycles. The first-order valence-corrected chi connectivity index (χ1v) is 5.08. The fourth-order valence-electron chi connectivity index (χ4n) is 0.806. The summed E-state index contributed by atoms with van der Waals surface area (Å²) in [7, 11) is 4.16. The summed E-state index contributed by atoms with van der Waals surface area (Å²) in [5.41, 5.74) is 0. The van der Waals surface area contributed by atoms with Gasteiger partial charge in [-0.2, -0.15) is 0 Å². The average Bonchev–Trinajstić information content (AvgIpc) is 2.04. The van der Waals surface area contributed by atoms with Crippen LogP contribution in [-0.2, 0) is 11.4 Å². The molecule has 0 fully saturated rings. The first kappa shape index (κ1) is 11.5. The van der Waals surface area contributed by atoms with Crippen LogP contribution < -0.4 is 0 Å². The molecule has 0 bridgehead atoms. The monoisotopic (exact) mass is 184 g/mol. The minimum absolute atomic E-state index is 0.991. The van der Waals surface area contributed by atoms with E-state index in [9.17, 15) is 0 Å². The van der Waals surface area contributed by atoms with Crippen molar-refractivity contribution >= 4 is 16.3 Å². The Labute approximate surface area is 79.7 Å². The molecular weight excluding hydrogens is 166 g/mol. The fourth-order valence-corrected chi connectivity index (χ4v) is 1.64.